The van der Waals surface area contributed by atoms with Crippen LogP contribution in [-0.2, 0) is 35.0 Å². The number of aryl methyl sites for hydroxylation is 1. The van der Waals surface area contributed by atoms with Gasteiger partial charge >= 0.3 is 0 Å². The third-order valence-electron chi connectivity index (χ3n) is 13.7. The number of carbonyl (C=O) groups excluding carboxylic acids is 5. The summed E-state index contributed by atoms with van der Waals surface area (Å²) in [6.07, 6.45) is 7.67. The Labute approximate surface area is 449 Å². The molecule has 408 valence electrons. The van der Waals surface area contributed by atoms with Crippen LogP contribution in [0.2, 0.25) is 5.02 Å². The van der Waals surface area contributed by atoms with Gasteiger partial charge in [0.05, 0.1) is 36.8 Å². The molecule has 1 fully saturated rings. The van der Waals surface area contributed by atoms with Gasteiger partial charge in [-0.15, -0.1) is 0 Å². The first kappa shape index (κ1) is 59.8. The average Bonchev–Trinajstić information content (AvgIpc) is 3.80. The monoisotopic (exact) mass is 1070 g/mol. The summed E-state index contributed by atoms with van der Waals surface area (Å²) in [6.45, 7) is 15.4. The molecular weight excluding hydrogens is 991 g/mol. The summed E-state index contributed by atoms with van der Waals surface area (Å²) in [4.78, 5) is 80.3. The molecule has 75 heavy (non-hydrogen) atoms. The van der Waals surface area contributed by atoms with Crippen LogP contribution in [0.25, 0.3) is 0 Å². The van der Waals surface area contributed by atoms with Gasteiger partial charge in [-0.3, -0.25) is 24.0 Å². The van der Waals surface area contributed by atoms with E-state index in [0.717, 1.165) is 42.4 Å². The van der Waals surface area contributed by atoms with E-state index < -0.39 is 36.7 Å². The maximum absolute atomic E-state index is 14.4. The van der Waals surface area contributed by atoms with Crippen molar-refractivity contribution in [1.82, 2.24) is 41.0 Å². The number of likely N-dealkylation sites (N-methyl/N-ethyl adjacent to an activating group) is 2. The number of likely N-dealkylation sites (tertiary alicyclic amines) is 1. The molecule has 0 saturated carbocycles. The number of ether oxygens (including phenoxy) is 1. The zero-order valence-corrected chi connectivity index (χ0v) is 47.4. The van der Waals surface area contributed by atoms with Crippen molar-refractivity contribution in [3.05, 3.63) is 94.6 Å². The van der Waals surface area contributed by atoms with Crippen LogP contribution < -0.4 is 41.9 Å². The van der Waals surface area contributed by atoms with Crippen molar-refractivity contribution in [2.75, 3.05) is 58.3 Å². The van der Waals surface area contributed by atoms with Gasteiger partial charge in [-0.2, -0.15) is 4.98 Å². The molecule has 1 aromatic heterocycles. The Morgan fingerprint density at radius 1 is 0.920 bits per heavy atom. The van der Waals surface area contributed by atoms with Crippen LogP contribution in [0.1, 0.15) is 115 Å². The Morgan fingerprint density at radius 3 is 2.24 bits per heavy atom. The first-order chi connectivity index (χ1) is 35.5. The van der Waals surface area contributed by atoms with E-state index in [0.29, 0.717) is 71.9 Å². The van der Waals surface area contributed by atoms with Crippen LogP contribution in [-0.4, -0.2) is 121 Å². The molecule has 5 rings (SSSR count). The molecule has 1 aliphatic heterocycles. The Kier molecular flexibility index (Phi) is 22.1. The van der Waals surface area contributed by atoms with E-state index >= 15 is 0 Å². The SMILES string of the molecule is CC[C@@H](NC(=O)C1CC(NC(=O)CCCCCCCC(=O)N(C)CCc2cc(OC)c(Nc3ncc(Cl)c(Nc4ccccc4P(C)(C)=O)n3)cc2C)CN1C(=O)[C@@H](NC(=O)[C@H](C)NC)C(C)(C)C)c1ccccc1. The largest absolute Gasteiger partial charge is 0.495 e. The molecule has 3 aromatic carbocycles. The Morgan fingerprint density at radius 2 is 1.59 bits per heavy atom. The number of benzene rings is 3. The van der Waals surface area contributed by atoms with Crippen LogP contribution >= 0.6 is 18.7 Å². The average molecular weight is 1070 g/mol. The Balaban J connectivity index is 1.07. The molecule has 17 nitrogen and oxygen atoms in total. The zero-order chi connectivity index (χ0) is 55.0. The maximum Gasteiger partial charge on any atom is 0.246 e. The number of amides is 5. The van der Waals surface area contributed by atoms with Gasteiger partial charge in [-0.25, -0.2) is 4.98 Å². The summed E-state index contributed by atoms with van der Waals surface area (Å²) in [6, 6.07) is 18.0. The van der Waals surface area contributed by atoms with Crippen molar-refractivity contribution in [3.63, 3.8) is 0 Å². The number of hydrogen-bond acceptors (Lipinski definition) is 12. The number of nitrogens with one attached hydrogen (secondary N) is 6. The van der Waals surface area contributed by atoms with Gasteiger partial charge < -0.3 is 51.0 Å². The van der Waals surface area contributed by atoms with Crippen molar-refractivity contribution in [2.24, 2.45) is 5.41 Å². The van der Waals surface area contributed by atoms with Gasteiger partial charge in [0.25, 0.3) is 0 Å². The van der Waals surface area contributed by atoms with Gasteiger partial charge in [0.1, 0.15) is 30.0 Å². The number of hydrogen-bond donors (Lipinski definition) is 6. The summed E-state index contributed by atoms with van der Waals surface area (Å²) >= 11 is 6.49. The molecule has 1 aliphatic rings. The number of rotatable bonds is 26. The van der Waals surface area contributed by atoms with Gasteiger partial charge in [-0.05, 0) is 113 Å². The predicted molar refractivity (Wildman–Crippen MR) is 300 cm³/mol. The molecule has 2 heterocycles. The quantitative estimate of drug-likeness (QED) is 0.0258. The first-order valence-corrected chi connectivity index (χ1v) is 29.1. The highest BCUT2D eigenvalue weighted by Gasteiger charge is 2.45. The fraction of sp³-hybridized carbons (Fsp3) is 0.518. The van der Waals surface area contributed by atoms with Gasteiger partial charge in [0.2, 0.25) is 35.5 Å². The lowest BCUT2D eigenvalue weighted by Gasteiger charge is -2.36. The molecular formula is C56H80ClN10O7P. The van der Waals surface area contributed by atoms with E-state index in [-0.39, 0.29) is 54.5 Å². The molecule has 0 aliphatic carbocycles. The zero-order valence-electron chi connectivity index (χ0n) is 45.8. The van der Waals surface area contributed by atoms with Gasteiger partial charge in [0.15, 0.2) is 5.82 Å². The smallest absolute Gasteiger partial charge is 0.246 e. The summed E-state index contributed by atoms with van der Waals surface area (Å²) in [5.74, 6) is 0.151. The normalized spacial score (nSPS) is 15.8. The molecule has 19 heteroatoms. The number of para-hydroxylation sites is 1. The predicted octanol–water partition coefficient (Wildman–Crippen LogP) is 8.41. The minimum Gasteiger partial charge on any atom is -0.495 e. The second-order valence-corrected chi connectivity index (χ2v) is 24.6. The Hall–Kier alpha value is -6.03. The molecule has 0 bridgehead atoms. The number of unbranched alkanes of at least 4 members (excludes halogenated alkanes) is 4. The highest BCUT2D eigenvalue weighted by Crippen LogP contribution is 2.39. The number of halogens is 1. The third-order valence-corrected chi connectivity index (χ3v) is 15.6. The summed E-state index contributed by atoms with van der Waals surface area (Å²) in [5.41, 5.74) is 3.63. The first-order valence-electron chi connectivity index (χ1n) is 26.1. The number of carbonyl (C=O) groups is 5. The highest BCUT2D eigenvalue weighted by atomic mass is 35.5. The number of nitrogens with zero attached hydrogens (tertiary/aromatic N) is 4. The minimum absolute atomic E-state index is 0.0648. The fourth-order valence-corrected chi connectivity index (χ4v) is 10.4. The van der Waals surface area contributed by atoms with Crippen LogP contribution in [0.5, 0.6) is 5.75 Å². The van der Waals surface area contributed by atoms with Crippen molar-refractivity contribution in [2.45, 2.75) is 136 Å². The second-order valence-electron chi connectivity index (χ2n) is 21.0. The van der Waals surface area contributed by atoms with Crippen LogP contribution in [0, 0.1) is 12.3 Å². The molecule has 6 N–H and O–H groups in total. The molecule has 5 amide bonds. The van der Waals surface area contributed by atoms with E-state index in [4.69, 9.17) is 16.3 Å². The highest BCUT2D eigenvalue weighted by molar-refractivity contribution is 7.70. The van der Waals surface area contributed by atoms with Crippen LogP contribution in [0.4, 0.5) is 23.1 Å². The topological polar surface area (TPSA) is 216 Å². The van der Waals surface area contributed by atoms with Crippen molar-refractivity contribution < 1.29 is 33.3 Å². The van der Waals surface area contributed by atoms with Gasteiger partial charge in [-0.1, -0.05) is 101 Å². The van der Waals surface area contributed by atoms with E-state index in [9.17, 15) is 28.5 Å². The standard InChI is InChI=1S/C56H80ClN10O7P/c1-12-42(38-23-17-16-18-24-38)62-53(71)45-33-40(35-67(45)54(72)50(56(4,5)6)64-52(70)37(3)58-7)60-48(68)27-19-14-13-15-20-28-49(69)66(8)30-29-39-32-46(74-9)44(31-36(39)2)63-55-59-34-41(57)51(65-55)61-43-25-21-22-26-47(43)75(10,11)73/h16-18,21-26,31-32,34,37,40,42,45,50,58H,12-15,19-20,27-30,33,35H2,1-11H3,(H,60,68)(H,62,71)(H,64,70)(H2,59,61,63,65)/t37-,40?,42+,45?,50+/m0/s1. The number of anilines is 4. The molecule has 1 saturated heterocycles. The van der Waals surface area contributed by atoms with Crippen molar-refractivity contribution in [1.29, 1.82) is 0 Å². The van der Waals surface area contributed by atoms with E-state index in [2.05, 4.69) is 41.9 Å². The van der Waals surface area contributed by atoms with Crippen LogP contribution in [0.15, 0.2) is 72.9 Å². The molecule has 4 aromatic rings. The lowest BCUT2D eigenvalue weighted by molar-refractivity contribution is -0.144. The van der Waals surface area contributed by atoms with E-state index in [1.807, 2.05) is 108 Å². The molecule has 0 spiro atoms. The minimum atomic E-state index is -2.59. The summed E-state index contributed by atoms with van der Waals surface area (Å²) < 4.78 is 18.7. The van der Waals surface area contributed by atoms with Crippen molar-refractivity contribution in [3.8, 4) is 5.75 Å². The maximum atomic E-state index is 14.4. The third kappa shape index (κ3) is 17.2. The van der Waals surface area contributed by atoms with E-state index in [1.165, 1.54) is 11.1 Å². The lowest BCUT2D eigenvalue weighted by Crippen LogP contribution is -2.59. The Bertz CT molecular complexity index is 2640. The molecule has 5 atom stereocenters. The van der Waals surface area contributed by atoms with E-state index in [1.54, 1.807) is 39.3 Å². The number of methoxy groups -OCH3 is 1. The second kappa shape index (κ2) is 27.7. The molecule has 2 unspecified atom stereocenters. The lowest BCUT2D eigenvalue weighted by atomic mass is 9.85. The summed E-state index contributed by atoms with van der Waals surface area (Å²) in [7, 11) is 2.50. The van der Waals surface area contributed by atoms with Crippen LogP contribution in [0.3, 0.4) is 0 Å². The molecule has 0 radical (unpaired) electrons. The van der Waals surface area contributed by atoms with Gasteiger partial charge in [0, 0.05) is 44.3 Å². The number of aromatic nitrogens is 2. The summed E-state index contributed by atoms with van der Waals surface area (Å²) in [5, 5.41) is 19.6. The van der Waals surface area contributed by atoms with Crippen molar-refractivity contribution >= 4 is 76.7 Å². The fourth-order valence-electron chi connectivity index (χ4n) is 9.09.